The molecule has 304 valence electrons. The van der Waals surface area contributed by atoms with Crippen LogP contribution in [0.4, 0.5) is 0 Å². The summed E-state index contributed by atoms with van der Waals surface area (Å²) < 4.78 is 15.7. The van der Waals surface area contributed by atoms with Crippen molar-refractivity contribution in [2.24, 2.45) is 22.3 Å². The molecule has 0 heterocycles. The van der Waals surface area contributed by atoms with E-state index in [1.54, 1.807) is 48.5 Å². The van der Waals surface area contributed by atoms with Gasteiger partial charge >= 0.3 is 11.9 Å². The Morgan fingerprint density at radius 1 is 0.727 bits per heavy atom. The first kappa shape index (κ1) is 47.9. The number of nitrogens with two attached hydrogens (primary N) is 3. The van der Waals surface area contributed by atoms with Crippen molar-refractivity contribution in [1.29, 1.82) is 0 Å². The highest BCUT2D eigenvalue weighted by molar-refractivity contribution is 5.95. The van der Waals surface area contributed by atoms with Crippen molar-refractivity contribution >= 4 is 29.7 Å². The van der Waals surface area contributed by atoms with Gasteiger partial charge in [0.2, 0.25) is 17.7 Å². The Hall–Kier alpha value is -5.14. The topological polar surface area (TPSA) is 291 Å². The van der Waals surface area contributed by atoms with Gasteiger partial charge in [0.1, 0.15) is 25.3 Å². The predicted molar refractivity (Wildman–Crippen MR) is 206 cm³/mol. The van der Waals surface area contributed by atoms with Crippen LogP contribution >= 0.6 is 0 Å². The highest BCUT2D eigenvalue weighted by atomic mass is 16.5. The Labute approximate surface area is 322 Å². The Kier molecular flexibility index (Phi) is 27.2. The zero-order chi connectivity index (χ0) is 40.5. The van der Waals surface area contributed by atoms with Gasteiger partial charge in [-0.2, -0.15) is 0 Å². The lowest BCUT2D eigenvalue weighted by Crippen LogP contribution is -2.55. The fraction of sp³-hybridized carbons (Fsp3) is 0.528. The molecule has 0 aliphatic heterocycles. The summed E-state index contributed by atoms with van der Waals surface area (Å²) in [5.74, 6) is -3.69. The Balaban J connectivity index is 0.000000988. The molecular formula is C36H57N11O8. The molecule has 2 aromatic carbocycles. The molecular weight excluding hydrogens is 714 g/mol. The van der Waals surface area contributed by atoms with Crippen LogP contribution in [0, 0.1) is 0 Å². The first-order valence-electron chi connectivity index (χ1n) is 18.0. The zero-order valence-corrected chi connectivity index (χ0v) is 31.5. The van der Waals surface area contributed by atoms with Gasteiger partial charge in [0.05, 0.1) is 26.1 Å². The summed E-state index contributed by atoms with van der Waals surface area (Å²) in [5.41, 5.74) is 26.0. The van der Waals surface area contributed by atoms with Crippen LogP contribution in [0.3, 0.4) is 0 Å². The third-order valence-corrected chi connectivity index (χ3v) is 7.31. The second kappa shape index (κ2) is 31.2. The van der Waals surface area contributed by atoms with Crippen molar-refractivity contribution in [1.82, 2.24) is 26.2 Å². The predicted octanol–water partition coefficient (Wildman–Crippen LogP) is -0.560. The number of nitrogens with zero attached hydrogens (tertiary/aromatic N) is 4. The van der Waals surface area contributed by atoms with E-state index in [9.17, 15) is 24.0 Å². The number of esters is 2. The number of hydrogen-bond acceptors (Lipinski definition) is 14. The van der Waals surface area contributed by atoms with Crippen molar-refractivity contribution in [3.63, 3.8) is 0 Å². The maximum Gasteiger partial charge on any atom is 0.308 e. The van der Waals surface area contributed by atoms with Crippen LogP contribution in [-0.2, 0) is 51.4 Å². The first-order chi connectivity index (χ1) is 26.6. The third-order valence-electron chi connectivity index (χ3n) is 7.31. The minimum Gasteiger partial charge on any atom is -0.461 e. The standard InChI is InChI=1S/C28H34N6O8.C8H23N5/c1-20(35)32-24(17-26(37)42-19-22-10-6-3-7-11-22)28(39)33-23(27(38)30-12-14-40-15-13-31-34-29)16-25(36)41-18-21-8-4-2-5-9-21;9-1-4-12-5-8-13(6-2-10)7-3-11/h2-11,23-24H,12-19H2,1H3,(H,30,38)(H,32,35)(H,33,39);12H,1-11H2/t23-,24+;/m0./s1. The second-order valence-electron chi connectivity index (χ2n) is 11.8. The van der Waals surface area contributed by atoms with Gasteiger partial charge in [-0.3, -0.25) is 28.9 Å². The molecule has 0 bridgehead atoms. The Morgan fingerprint density at radius 2 is 1.27 bits per heavy atom. The number of amides is 3. The van der Waals surface area contributed by atoms with Crippen LogP contribution in [0.25, 0.3) is 10.4 Å². The van der Waals surface area contributed by atoms with Crippen LogP contribution in [-0.4, -0.2) is 125 Å². The summed E-state index contributed by atoms with van der Waals surface area (Å²) in [7, 11) is 0. The lowest BCUT2D eigenvalue weighted by atomic mass is 10.1. The van der Waals surface area contributed by atoms with E-state index in [2.05, 4.69) is 36.2 Å². The first-order valence-corrected chi connectivity index (χ1v) is 18.0. The van der Waals surface area contributed by atoms with Gasteiger partial charge in [0, 0.05) is 77.3 Å². The van der Waals surface area contributed by atoms with Crippen LogP contribution in [0.1, 0.15) is 30.9 Å². The van der Waals surface area contributed by atoms with E-state index in [-0.39, 0.29) is 39.5 Å². The SMILES string of the molecule is CC(=O)N[C@H](CC(=O)OCc1ccccc1)C(=O)N[C@@H](CC(=O)OCc1ccccc1)C(=O)NCCOCCN=[N+]=[N-].NCCNCCN(CCN)CCN. The summed E-state index contributed by atoms with van der Waals surface area (Å²) in [6.45, 7) is 8.20. The minimum atomic E-state index is -1.39. The number of carbonyl (C=O) groups is 5. The van der Waals surface area contributed by atoms with E-state index < -0.39 is 54.6 Å². The molecule has 19 nitrogen and oxygen atoms in total. The van der Waals surface area contributed by atoms with Crippen LogP contribution < -0.4 is 38.5 Å². The summed E-state index contributed by atoms with van der Waals surface area (Å²) in [6.07, 6.45) is -1.03. The monoisotopic (exact) mass is 771 g/mol. The molecule has 3 amide bonds. The van der Waals surface area contributed by atoms with Crippen molar-refractivity contribution in [3.8, 4) is 0 Å². The Bertz CT molecular complexity index is 1430. The van der Waals surface area contributed by atoms with Crippen molar-refractivity contribution in [2.45, 2.75) is 45.1 Å². The highest BCUT2D eigenvalue weighted by Gasteiger charge is 2.30. The van der Waals surface area contributed by atoms with Gasteiger partial charge < -0.3 is 52.7 Å². The summed E-state index contributed by atoms with van der Waals surface area (Å²) in [6, 6.07) is 15.0. The normalized spacial score (nSPS) is 11.5. The molecule has 0 radical (unpaired) electrons. The number of nitrogens with one attached hydrogen (secondary N) is 4. The van der Waals surface area contributed by atoms with Crippen molar-refractivity contribution in [2.75, 3.05) is 78.7 Å². The molecule has 0 fully saturated rings. The van der Waals surface area contributed by atoms with E-state index in [1.165, 1.54) is 6.92 Å². The average Bonchev–Trinajstić information content (AvgIpc) is 3.18. The molecule has 0 saturated heterocycles. The molecule has 2 rings (SSSR count). The minimum absolute atomic E-state index is 0.0292. The number of carbonyl (C=O) groups excluding carboxylic acids is 5. The molecule has 0 aliphatic rings. The van der Waals surface area contributed by atoms with E-state index in [0.717, 1.165) is 43.9 Å². The third kappa shape index (κ3) is 24.7. The van der Waals surface area contributed by atoms with Crippen LogP contribution in [0.5, 0.6) is 0 Å². The van der Waals surface area contributed by atoms with E-state index in [4.69, 9.17) is 36.9 Å². The lowest BCUT2D eigenvalue weighted by Gasteiger charge is -2.22. The molecule has 0 aromatic heterocycles. The average molecular weight is 772 g/mol. The quantitative estimate of drug-likeness (QED) is 0.0197. The molecule has 19 heteroatoms. The number of hydrogen-bond donors (Lipinski definition) is 7. The lowest BCUT2D eigenvalue weighted by molar-refractivity contribution is -0.149. The van der Waals surface area contributed by atoms with Gasteiger partial charge in [-0.25, -0.2) is 0 Å². The van der Waals surface area contributed by atoms with Gasteiger partial charge in [-0.05, 0) is 16.7 Å². The molecule has 0 unspecified atom stereocenters. The molecule has 10 N–H and O–H groups in total. The highest BCUT2D eigenvalue weighted by Crippen LogP contribution is 2.07. The fourth-order valence-electron chi connectivity index (χ4n) is 4.65. The second-order valence-corrected chi connectivity index (χ2v) is 11.8. The number of azide groups is 1. The molecule has 2 aromatic rings. The largest absolute Gasteiger partial charge is 0.461 e. The summed E-state index contributed by atoms with van der Waals surface area (Å²) in [4.78, 5) is 67.7. The van der Waals surface area contributed by atoms with E-state index >= 15 is 0 Å². The van der Waals surface area contributed by atoms with Crippen LogP contribution in [0.2, 0.25) is 0 Å². The number of rotatable bonds is 27. The summed E-state index contributed by atoms with van der Waals surface area (Å²) >= 11 is 0. The Morgan fingerprint density at radius 3 is 1.76 bits per heavy atom. The molecule has 55 heavy (non-hydrogen) atoms. The van der Waals surface area contributed by atoms with E-state index in [0.29, 0.717) is 19.6 Å². The maximum absolute atomic E-state index is 13.1. The molecule has 0 saturated carbocycles. The van der Waals surface area contributed by atoms with Gasteiger partial charge in [-0.1, -0.05) is 65.8 Å². The van der Waals surface area contributed by atoms with Gasteiger partial charge in [-0.15, -0.1) is 0 Å². The van der Waals surface area contributed by atoms with E-state index in [1.807, 2.05) is 12.1 Å². The number of ether oxygens (including phenoxy) is 3. The van der Waals surface area contributed by atoms with Crippen LogP contribution in [0.15, 0.2) is 65.8 Å². The molecule has 0 aliphatic carbocycles. The van der Waals surface area contributed by atoms with Gasteiger partial charge in [0.25, 0.3) is 0 Å². The number of benzene rings is 2. The summed E-state index contributed by atoms with van der Waals surface area (Å²) in [5, 5.41) is 13.9. The molecule has 0 spiro atoms. The van der Waals surface area contributed by atoms with Crippen molar-refractivity contribution in [3.05, 3.63) is 82.2 Å². The fourth-order valence-corrected chi connectivity index (χ4v) is 4.65. The maximum atomic E-state index is 13.1. The van der Waals surface area contributed by atoms with Gasteiger partial charge in [0.15, 0.2) is 0 Å². The smallest absolute Gasteiger partial charge is 0.308 e. The molecule has 2 atom stereocenters. The zero-order valence-electron chi connectivity index (χ0n) is 31.5. The van der Waals surface area contributed by atoms with Crippen molar-refractivity contribution < 1.29 is 38.2 Å².